The number of carboxylic acid groups (broad SMARTS) is 1. The van der Waals surface area contributed by atoms with Crippen LogP contribution in [-0.4, -0.2) is 45.2 Å². The van der Waals surface area contributed by atoms with E-state index in [9.17, 15) is 29.4 Å². The van der Waals surface area contributed by atoms with Gasteiger partial charge in [0.1, 0.15) is 34.0 Å². The van der Waals surface area contributed by atoms with Crippen LogP contribution in [-0.2, 0) is 19.8 Å². The van der Waals surface area contributed by atoms with Crippen molar-refractivity contribution in [2.24, 2.45) is 0 Å². The van der Waals surface area contributed by atoms with Gasteiger partial charge in [-0.25, -0.2) is 0 Å². The van der Waals surface area contributed by atoms with Gasteiger partial charge in [-0.2, -0.15) is 0 Å². The van der Waals surface area contributed by atoms with Gasteiger partial charge in [-0.3, -0.25) is 19.2 Å². The number of carbonyl (C=O) groups excluding carboxylic acids is 3. The van der Waals surface area contributed by atoms with E-state index in [1.54, 1.807) is 0 Å². The number of benzene rings is 1. The average molecular weight is 429 g/mol. The number of hydrogen-bond acceptors (Lipinski definition) is 8. The highest BCUT2D eigenvalue weighted by molar-refractivity contribution is 6.31. The van der Waals surface area contributed by atoms with Gasteiger partial charge in [0.15, 0.2) is 17.3 Å². The number of nitrogens with one attached hydrogen (secondary N) is 1. The fraction of sp³-hybridized carbons (Fsp3) is 0.364. The van der Waals surface area contributed by atoms with E-state index in [2.05, 4.69) is 5.32 Å². The minimum absolute atomic E-state index is 0.0212. The summed E-state index contributed by atoms with van der Waals surface area (Å²) in [5, 5.41) is 32.7. The molecule has 0 saturated carbocycles. The number of carboxylic acids is 1. The molecular weight excluding hydrogens is 406 g/mol. The molecule has 31 heavy (non-hydrogen) atoms. The van der Waals surface area contributed by atoms with Gasteiger partial charge in [0.25, 0.3) is 0 Å². The highest BCUT2D eigenvalue weighted by atomic mass is 16.5. The predicted octanol–water partition coefficient (Wildman–Crippen LogP) is 2.02. The van der Waals surface area contributed by atoms with Gasteiger partial charge >= 0.3 is 5.97 Å². The summed E-state index contributed by atoms with van der Waals surface area (Å²) in [6.45, 7) is 5.89. The summed E-state index contributed by atoms with van der Waals surface area (Å²) in [5.74, 6) is -3.74. The predicted molar refractivity (Wildman–Crippen MR) is 108 cm³/mol. The molecule has 1 aromatic rings. The van der Waals surface area contributed by atoms with Crippen LogP contribution in [0.2, 0.25) is 0 Å². The molecule has 1 aliphatic heterocycles. The number of fused-ring (bicyclic) bond motifs is 3. The van der Waals surface area contributed by atoms with Gasteiger partial charge in [-0.05, 0) is 34.1 Å². The number of ketones is 3. The van der Waals surface area contributed by atoms with Crippen molar-refractivity contribution in [1.29, 1.82) is 0 Å². The van der Waals surface area contributed by atoms with Gasteiger partial charge in [0.2, 0.25) is 0 Å². The zero-order chi connectivity index (χ0) is 23.2. The van der Waals surface area contributed by atoms with Crippen molar-refractivity contribution < 1.29 is 39.2 Å². The van der Waals surface area contributed by atoms with Gasteiger partial charge in [0.05, 0.1) is 11.1 Å². The number of phenolic OH excluding ortho intramolecular Hbond substituents is 2. The molecule has 0 radical (unpaired) electrons. The number of phenols is 2. The molecule has 0 spiro atoms. The van der Waals surface area contributed by atoms with E-state index < -0.39 is 40.2 Å². The first-order chi connectivity index (χ1) is 14.4. The van der Waals surface area contributed by atoms with Crippen molar-refractivity contribution in [2.75, 3.05) is 6.54 Å². The highest BCUT2D eigenvalue weighted by Crippen LogP contribution is 2.57. The van der Waals surface area contributed by atoms with Crippen LogP contribution in [0.5, 0.6) is 17.2 Å². The summed E-state index contributed by atoms with van der Waals surface area (Å²) in [4.78, 5) is 49.0. The van der Waals surface area contributed by atoms with Crippen molar-refractivity contribution in [2.45, 2.75) is 46.0 Å². The maximum absolute atomic E-state index is 13.5. The fourth-order valence-corrected chi connectivity index (χ4v) is 3.97. The second-order valence-electron chi connectivity index (χ2n) is 7.81. The Morgan fingerprint density at radius 3 is 2.39 bits per heavy atom. The summed E-state index contributed by atoms with van der Waals surface area (Å²) in [7, 11) is 0. The zero-order valence-electron chi connectivity index (χ0n) is 17.6. The number of allylic oxidation sites excluding steroid dienone is 4. The second-order valence-corrected chi connectivity index (χ2v) is 7.81. The van der Waals surface area contributed by atoms with Crippen LogP contribution in [0, 0.1) is 6.92 Å². The smallest absolute Gasteiger partial charge is 0.303 e. The number of carbonyl (C=O) groups is 4. The summed E-state index contributed by atoms with van der Waals surface area (Å²) < 4.78 is 5.69. The fourth-order valence-electron chi connectivity index (χ4n) is 3.97. The van der Waals surface area contributed by atoms with Gasteiger partial charge in [-0.1, -0.05) is 0 Å². The third-order valence-electron chi connectivity index (χ3n) is 5.72. The largest absolute Gasteiger partial charge is 0.507 e. The van der Waals surface area contributed by atoms with E-state index in [1.807, 2.05) is 0 Å². The molecule has 1 heterocycles. The first-order valence-corrected chi connectivity index (χ1v) is 9.68. The summed E-state index contributed by atoms with van der Waals surface area (Å²) in [6, 6.07) is 0. The van der Waals surface area contributed by atoms with Crippen LogP contribution in [0.15, 0.2) is 23.1 Å². The van der Waals surface area contributed by atoms with Crippen LogP contribution in [0.25, 0.3) is 0 Å². The van der Waals surface area contributed by atoms with E-state index in [-0.39, 0.29) is 52.4 Å². The van der Waals surface area contributed by atoms with E-state index in [0.29, 0.717) is 6.42 Å². The Labute approximate surface area is 178 Å². The van der Waals surface area contributed by atoms with Crippen LogP contribution in [0.1, 0.15) is 55.1 Å². The van der Waals surface area contributed by atoms with Gasteiger partial charge in [-0.15, -0.1) is 0 Å². The molecule has 3 rings (SSSR count). The zero-order valence-corrected chi connectivity index (χ0v) is 17.6. The molecule has 0 fully saturated rings. The van der Waals surface area contributed by atoms with E-state index in [4.69, 9.17) is 9.84 Å². The van der Waals surface area contributed by atoms with Crippen LogP contribution >= 0.6 is 0 Å². The van der Waals surface area contributed by atoms with Crippen molar-refractivity contribution >= 4 is 23.3 Å². The standard InChI is InChI=1S/C22H23NO8/c1-9-18(28)16(11(3)24)20-17(19(9)29)22(4)13(31-20)8-12(25)15(21(22)30)10(2)23-7-5-6-14(26)27/h8,23,28-29H,5-7H2,1-4H3,(H,26,27)/b15-10+/t22-/m0/s1. The lowest BCUT2D eigenvalue weighted by Crippen LogP contribution is -2.41. The third kappa shape index (κ3) is 3.26. The lowest BCUT2D eigenvalue weighted by molar-refractivity contribution is -0.137. The Kier molecular flexibility index (Phi) is 5.39. The quantitative estimate of drug-likeness (QED) is 0.230. The topological polar surface area (TPSA) is 150 Å². The molecule has 4 N–H and O–H groups in total. The normalized spacial score (nSPS) is 21.1. The molecule has 1 aromatic carbocycles. The number of aromatic hydroxyl groups is 2. The molecular formula is C22H23NO8. The summed E-state index contributed by atoms with van der Waals surface area (Å²) in [6.07, 6.45) is 1.37. The number of rotatable bonds is 6. The highest BCUT2D eigenvalue weighted by Gasteiger charge is 2.56. The number of aliphatic carboxylic acids is 1. The van der Waals surface area contributed by atoms with Crippen molar-refractivity contribution in [3.63, 3.8) is 0 Å². The van der Waals surface area contributed by atoms with E-state index in [0.717, 1.165) is 6.08 Å². The number of hydrogen-bond donors (Lipinski definition) is 4. The molecule has 9 nitrogen and oxygen atoms in total. The SMILES string of the molecule is CC(=O)c1c(O)c(C)c(O)c2c1OC1=CC(=O)/C(=C(/C)NCCCC(=O)O)C(=O)[C@@]12C. The lowest BCUT2D eigenvalue weighted by atomic mass is 9.70. The number of ether oxygens (including phenoxy) is 1. The molecule has 1 aliphatic carbocycles. The molecule has 0 amide bonds. The molecule has 0 bridgehead atoms. The van der Waals surface area contributed by atoms with Crippen LogP contribution < -0.4 is 10.1 Å². The first kappa shape index (κ1) is 22.1. The molecule has 2 aliphatic rings. The first-order valence-electron chi connectivity index (χ1n) is 9.68. The van der Waals surface area contributed by atoms with Gasteiger partial charge < -0.3 is 25.4 Å². The lowest BCUT2D eigenvalue weighted by Gasteiger charge is -2.29. The summed E-state index contributed by atoms with van der Waals surface area (Å²) in [5.41, 5.74) is -1.58. The van der Waals surface area contributed by atoms with Crippen molar-refractivity contribution in [3.8, 4) is 17.2 Å². The maximum atomic E-state index is 13.5. The minimum Gasteiger partial charge on any atom is -0.507 e. The molecule has 164 valence electrons. The molecule has 1 atom stereocenters. The second kappa shape index (κ2) is 7.57. The van der Waals surface area contributed by atoms with Crippen LogP contribution in [0.3, 0.4) is 0 Å². The minimum atomic E-state index is -1.57. The Morgan fingerprint density at radius 1 is 1.16 bits per heavy atom. The molecule has 0 saturated heterocycles. The molecule has 9 heteroatoms. The van der Waals surface area contributed by atoms with Gasteiger partial charge in [0, 0.05) is 30.3 Å². The number of Topliss-reactive ketones (excluding diaryl/α,β-unsaturated/α-hetero) is 2. The Balaban J connectivity index is 2.13. The third-order valence-corrected chi connectivity index (χ3v) is 5.72. The van der Waals surface area contributed by atoms with E-state index >= 15 is 0 Å². The average Bonchev–Trinajstić information content (AvgIpc) is 2.96. The Hall–Kier alpha value is -3.62. The molecule has 0 aromatic heterocycles. The molecule has 0 unspecified atom stereocenters. The van der Waals surface area contributed by atoms with Crippen molar-refractivity contribution in [1.82, 2.24) is 5.32 Å². The Bertz CT molecular complexity index is 1110. The summed E-state index contributed by atoms with van der Waals surface area (Å²) >= 11 is 0. The van der Waals surface area contributed by atoms with Crippen LogP contribution in [0.4, 0.5) is 0 Å². The monoisotopic (exact) mass is 429 g/mol. The Morgan fingerprint density at radius 2 is 1.81 bits per heavy atom. The maximum Gasteiger partial charge on any atom is 0.303 e. The van der Waals surface area contributed by atoms with Crippen molar-refractivity contribution in [3.05, 3.63) is 39.8 Å². The van der Waals surface area contributed by atoms with E-state index in [1.165, 1.54) is 27.7 Å².